The summed E-state index contributed by atoms with van der Waals surface area (Å²) in [7, 11) is 1.46. The highest BCUT2D eigenvalue weighted by molar-refractivity contribution is 5.97. The zero-order valence-electron chi connectivity index (χ0n) is 11.9. The second-order valence-electron chi connectivity index (χ2n) is 5.07. The molecule has 2 N–H and O–H groups in total. The van der Waals surface area contributed by atoms with E-state index in [1.165, 1.54) is 7.11 Å². The van der Waals surface area contributed by atoms with Crippen LogP contribution in [0.15, 0.2) is 18.2 Å². The Labute approximate surface area is 118 Å². The van der Waals surface area contributed by atoms with Crippen LogP contribution in [-0.4, -0.2) is 37.4 Å². The predicted molar refractivity (Wildman–Crippen MR) is 75.1 cm³/mol. The average molecular weight is 279 g/mol. The smallest absolute Gasteiger partial charge is 0.255 e. The first-order chi connectivity index (χ1) is 9.63. The van der Waals surface area contributed by atoms with Gasteiger partial charge in [-0.2, -0.15) is 0 Å². The number of hydrogen-bond acceptors (Lipinski definition) is 4. The summed E-state index contributed by atoms with van der Waals surface area (Å²) < 4.78 is 10.3. The number of carbonyl (C=O) groups is 1. The molecule has 1 aromatic carbocycles. The Morgan fingerprint density at radius 3 is 2.80 bits per heavy atom. The van der Waals surface area contributed by atoms with Gasteiger partial charge in [0.15, 0.2) is 11.5 Å². The van der Waals surface area contributed by atoms with Crippen LogP contribution >= 0.6 is 0 Å². The van der Waals surface area contributed by atoms with Crippen LogP contribution < -0.4 is 10.1 Å². The highest BCUT2D eigenvalue weighted by Gasteiger charge is 2.23. The summed E-state index contributed by atoms with van der Waals surface area (Å²) in [5, 5.41) is 12.9. The Bertz CT molecular complexity index is 469. The van der Waals surface area contributed by atoms with Crippen LogP contribution in [0.2, 0.25) is 0 Å². The standard InChI is InChI=1S/C15H21NO4/c1-10(11-6-8-20-9-7-11)16-15(18)12-4-3-5-13(19-2)14(12)17/h3-5,10-11,17H,6-9H2,1-2H3,(H,16,18). The lowest BCUT2D eigenvalue weighted by Crippen LogP contribution is -2.40. The topological polar surface area (TPSA) is 67.8 Å². The van der Waals surface area contributed by atoms with Gasteiger partial charge in [0.25, 0.3) is 5.91 Å². The number of rotatable bonds is 4. The van der Waals surface area contributed by atoms with Gasteiger partial charge in [-0.05, 0) is 37.8 Å². The summed E-state index contributed by atoms with van der Waals surface area (Å²) in [4.78, 5) is 12.2. The van der Waals surface area contributed by atoms with Crippen LogP contribution in [0.25, 0.3) is 0 Å². The maximum atomic E-state index is 12.2. The second kappa shape index (κ2) is 6.61. The maximum Gasteiger partial charge on any atom is 0.255 e. The molecule has 0 bridgehead atoms. The lowest BCUT2D eigenvalue weighted by atomic mass is 9.92. The van der Waals surface area contributed by atoms with Crippen LogP contribution in [0.3, 0.4) is 0 Å². The molecule has 1 saturated heterocycles. The van der Waals surface area contributed by atoms with Crippen LogP contribution in [0, 0.1) is 5.92 Å². The Balaban J connectivity index is 2.04. The minimum Gasteiger partial charge on any atom is -0.504 e. The molecule has 0 aliphatic carbocycles. The minimum absolute atomic E-state index is 0.0528. The third-order valence-corrected chi connectivity index (χ3v) is 3.80. The maximum absolute atomic E-state index is 12.2. The number of benzene rings is 1. The Morgan fingerprint density at radius 2 is 2.15 bits per heavy atom. The van der Waals surface area contributed by atoms with E-state index < -0.39 is 0 Å². The molecule has 1 aliphatic rings. The molecule has 0 spiro atoms. The molecule has 0 saturated carbocycles. The van der Waals surface area contributed by atoms with Gasteiger partial charge in [-0.1, -0.05) is 6.07 Å². The number of carbonyl (C=O) groups excluding carboxylic acids is 1. The fourth-order valence-corrected chi connectivity index (χ4v) is 2.49. The fourth-order valence-electron chi connectivity index (χ4n) is 2.49. The summed E-state index contributed by atoms with van der Waals surface area (Å²) in [6.45, 7) is 3.48. The molecular formula is C15H21NO4. The van der Waals surface area contributed by atoms with Crippen molar-refractivity contribution in [2.45, 2.75) is 25.8 Å². The number of hydrogen-bond donors (Lipinski definition) is 2. The second-order valence-corrected chi connectivity index (χ2v) is 5.07. The highest BCUT2D eigenvalue weighted by Crippen LogP contribution is 2.29. The number of aromatic hydroxyl groups is 1. The van der Waals surface area contributed by atoms with Crippen molar-refractivity contribution < 1.29 is 19.4 Å². The van der Waals surface area contributed by atoms with Crippen molar-refractivity contribution >= 4 is 5.91 Å². The third-order valence-electron chi connectivity index (χ3n) is 3.80. The molecule has 20 heavy (non-hydrogen) atoms. The number of amides is 1. The van der Waals surface area contributed by atoms with Gasteiger partial charge in [0.1, 0.15) is 0 Å². The first-order valence-electron chi connectivity index (χ1n) is 6.88. The summed E-state index contributed by atoms with van der Waals surface area (Å²) in [5.74, 6) is 0.323. The molecule has 1 atom stereocenters. The van der Waals surface area contributed by atoms with Crippen LogP contribution in [0.5, 0.6) is 11.5 Å². The van der Waals surface area contributed by atoms with E-state index in [4.69, 9.17) is 9.47 Å². The average Bonchev–Trinajstić information content (AvgIpc) is 2.48. The van der Waals surface area contributed by atoms with E-state index in [-0.39, 0.29) is 23.3 Å². The number of para-hydroxylation sites is 1. The molecule has 1 aromatic rings. The van der Waals surface area contributed by atoms with E-state index >= 15 is 0 Å². The van der Waals surface area contributed by atoms with Crippen molar-refractivity contribution in [3.05, 3.63) is 23.8 Å². The van der Waals surface area contributed by atoms with Crippen LogP contribution in [-0.2, 0) is 4.74 Å². The molecule has 1 unspecified atom stereocenters. The van der Waals surface area contributed by atoms with Gasteiger partial charge in [0, 0.05) is 19.3 Å². The lowest BCUT2D eigenvalue weighted by Gasteiger charge is -2.28. The van der Waals surface area contributed by atoms with E-state index in [1.54, 1.807) is 18.2 Å². The predicted octanol–water partition coefficient (Wildman–Crippen LogP) is 1.95. The zero-order chi connectivity index (χ0) is 14.5. The van der Waals surface area contributed by atoms with E-state index in [9.17, 15) is 9.90 Å². The van der Waals surface area contributed by atoms with Gasteiger partial charge < -0.3 is 19.9 Å². The molecule has 1 aliphatic heterocycles. The molecule has 5 heteroatoms. The first kappa shape index (κ1) is 14.7. The van der Waals surface area contributed by atoms with E-state index in [2.05, 4.69) is 5.32 Å². The summed E-state index contributed by atoms with van der Waals surface area (Å²) >= 11 is 0. The molecule has 1 heterocycles. The molecule has 1 amide bonds. The van der Waals surface area contributed by atoms with Crippen LogP contribution in [0.1, 0.15) is 30.1 Å². The first-order valence-corrected chi connectivity index (χ1v) is 6.88. The quantitative estimate of drug-likeness (QED) is 0.884. The Hall–Kier alpha value is -1.75. The van der Waals surface area contributed by atoms with Crippen molar-refractivity contribution in [1.29, 1.82) is 0 Å². The monoisotopic (exact) mass is 279 g/mol. The van der Waals surface area contributed by atoms with Gasteiger partial charge in [-0.3, -0.25) is 4.79 Å². The van der Waals surface area contributed by atoms with Crippen molar-refractivity contribution in [2.75, 3.05) is 20.3 Å². The summed E-state index contributed by atoms with van der Waals surface area (Å²) in [6.07, 6.45) is 1.90. The number of phenolic OH excluding ortho intramolecular Hbond substituents is 1. The normalized spacial score (nSPS) is 17.5. The Kier molecular flexibility index (Phi) is 4.84. The fraction of sp³-hybridized carbons (Fsp3) is 0.533. The van der Waals surface area contributed by atoms with Crippen LogP contribution in [0.4, 0.5) is 0 Å². The molecule has 0 aromatic heterocycles. The van der Waals surface area contributed by atoms with Crippen molar-refractivity contribution in [1.82, 2.24) is 5.32 Å². The number of ether oxygens (including phenoxy) is 2. The molecule has 2 rings (SSSR count). The number of phenols is 1. The van der Waals surface area contributed by atoms with E-state index in [0.717, 1.165) is 26.1 Å². The largest absolute Gasteiger partial charge is 0.504 e. The van der Waals surface area contributed by atoms with Crippen molar-refractivity contribution in [3.63, 3.8) is 0 Å². The van der Waals surface area contributed by atoms with Gasteiger partial charge in [-0.15, -0.1) is 0 Å². The number of methoxy groups -OCH3 is 1. The molecule has 5 nitrogen and oxygen atoms in total. The lowest BCUT2D eigenvalue weighted by molar-refractivity contribution is 0.0538. The summed E-state index contributed by atoms with van der Waals surface area (Å²) in [5.41, 5.74) is 0.239. The van der Waals surface area contributed by atoms with Gasteiger partial charge in [0.05, 0.1) is 12.7 Å². The highest BCUT2D eigenvalue weighted by atomic mass is 16.5. The third kappa shape index (κ3) is 3.22. The SMILES string of the molecule is COc1cccc(C(=O)NC(C)C2CCOCC2)c1O. The van der Waals surface area contributed by atoms with Gasteiger partial charge in [0.2, 0.25) is 0 Å². The van der Waals surface area contributed by atoms with E-state index in [1.807, 2.05) is 6.92 Å². The zero-order valence-corrected chi connectivity index (χ0v) is 11.9. The molecule has 0 radical (unpaired) electrons. The van der Waals surface area contributed by atoms with E-state index in [0.29, 0.717) is 11.7 Å². The van der Waals surface area contributed by atoms with Crippen molar-refractivity contribution in [2.24, 2.45) is 5.92 Å². The minimum atomic E-state index is -0.277. The molecule has 1 fully saturated rings. The molecular weight excluding hydrogens is 258 g/mol. The van der Waals surface area contributed by atoms with Crippen molar-refractivity contribution in [3.8, 4) is 11.5 Å². The number of nitrogens with one attached hydrogen (secondary N) is 1. The molecule has 110 valence electrons. The Morgan fingerprint density at radius 1 is 1.45 bits per heavy atom. The van der Waals surface area contributed by atoms with Gasteiger partial charge >= 0.3 is 0 Å². The van der Waals surface area contributed by atoms with Gasteiger partial charge in [-0.25, -0.2) is 0 Å². The summed E-state index contributed by atoms with van der Waals surface area (Å²) in [6, 6.07) is 4.95.